The molecule has 3 heteroatoms. The average molecular weight is 215 g/mol. The molecule has 0 N–H and O–H groups in total. The first kappa shape index (κ1) is 12.9. The molecule has 90 valence electrons. The molecular formula is C12H25NO2. The molecule has 0 saturated carbocycles. The van der Waals surface area contributed by atoms with E-state index in [1.807, 2.05) is 7.11 Å². The van der Waals surface area contributed by atoms with Gasteiger partial charge < -0.3 is 14.4 Å². The van der Waals surface area contributed by atoms with Gasteiger partial charge in [0, 0.05) is 26.7 Å². The van der Waals surface area contributed by atoms with Crippen LogP contribution in [0, 0.1) is 0 Å². The maximum absolute atomic E-state index is 5.71. The minimum Gasteiger partial charge on any atom is -0.381 e. The van der Waals surface area contributed by atoms with Crippen LogP contribution in [0.4, 0.5) is 0 Å². The second-order valence-electron chi connectivity index (χ2n) is 5.24. The van der Waals surface area contributed by atoms with Crippen LogP contribution in [-0.2, 0) is 9.47 Å². The fourth-order valence-corrected chi connectivity index (χ4v) is 1.85. The highest BCUT2D eigenvalue weighted by molar-refractivity contribution is 4.72. The highest BCUT2D eigenvalue weighted by Crippen LogP contribution is 2.13. The molecule has 0 unspecified atom stereocenters. The van der Waals surface area contributed by atoms with E-state index < -0.39 is 0 Å². The number of nitrogens with zero attached hydrogens (tertiary/aromatic N) is 1. The Hall–Kier alpha value is -0.120. The average Bonchev–Trinajstić information content (AvgIpc) is 2.17. The van der Waals surface area contributed by atoms with E-state index in [4.69, 9.17) is 9.47 Å². The van der Waals surface area contributed by atoms with E-state index >= 15 is 0 Å². The summed E-state index contributed by atoms with van der Waals surface area (Å²) in [6, 6.07) is 0. The van der Waals surface area contributed by atoms with Gasteiger partial charge in [0.05, 0.1) is 18.3 Å². The molecule has 0 amide bonds. The zero-order valence-corrected chi connectivity index (χ0v) is 10.6. The molecule has 1 saturated heterocycles. The van der Waals surface area contributed by atoms with E-state index in [0.29, 0.717) is 6.10 Å². The third-order valence-corrected chi connectivity index (χ3v) is 2.81. The third-order valence-electron chi connectivity index (χ3n) is 2.81. The number of hydrogen-bond donors (Lipinski definition) is 0. The summed E-state index contributed by atoms with van der Waals surface area (Å²) in [5.41, 5.74) is -0.00908. The zero-order valence-electron chi connectivity index (χ0n) is 10.6. The van der Waals surface area contributed by atoms with Crippen molar-refractivity contribution in [3.05, 3.63) is 0 Å². The van der Waals surface area contributed by atoms with Crippen LogP contribution < -0.4 is 0 Å². The first-order chi connectivity index (χ1) is 7.01. The number of ether oxygens (including phenoxy) is 2. The lowest BCUT2D eigenvalue weighted by atomic mass is 10.1. The number of likely N-dealkylation sites (tertiary alicyclic amines) is 1. The van der Waals surface area contributed by atoms with Gasteiger partial charge >= 0.3 is 0 Å². The van der Waals surface area contributed by atoms with Crippen molar-refractivity contribution in [3.63, 3.8) is 0 Å². The third kappa shape index (κ3) is 5.50. The lowest BCUT2D eigenvalue weighted by Crippen LogP contribution is -2.39. The fraction of sp³-hybridized carbons (Fsp3) is 1.00. The maximum Gasteiger partial charge on any atom is 0.0600 e. The molecule has 0 aromatic carbocycles. The van der Waals surface area contributed by atoms with Crippen molar-refractivity contribution in [2.75, 3.05) is 33.4 Å². The molecule has 0 bridgehead atoms. The normalized spacial score (nSPS) is 20.8. The van der Waals surface area contributed by atoms with E-state index in [-0.39, 0.29) is 5.60 Å². The molecule has 0 aromatic heterocycles. The van der Waals surface area contributed by atoms with Gasteiger partial charge in [-0.3, -0.25) is 0 Å². The van der Waals surface area contributed by atoms with Crippen molar-refractivity contribution in [2.24, 2.45) is 0 Å². The summed E-state index contributed by atoms with van der Waals surface area (Å²) in [4.78, 5) is 2.46. The van der Waals surface area contributed by atoms with Crippen molar-refractivity contribution in [1.82, 2.24) is 4.90 Å². The lowest BCUT2D eigenvalue weighted by Gasteiger charge is -2.31. The van der Waals surface area contributed by atoms with Gasteiger partial charge in [-0.2, -0.15) is 0 Å². The first-order valence-corrected chi connectivity index (χ1v) is 5.90. The smallest absolute Gasteiger partial charge is 0.0600 e. The molecule has 0 spiro atoms. The van der Waals surface area contributed by atoms with E-state index in [9.17, 15) is 0 Å². The van der Waals surface area contributed by atoms with E-state index in [1.54, 1.807) is 0 Å². The summed E-state index contributed by atoms with van der Waals surface area (Å²) < 4.78 is 11.1. The Kier molecular flexibility index (Phi) is 5.03. The SMILES string of the molecule is COC1CCN(CCOC(C)(C)C)CC1. The molecule has 0 atom stereocenters. The van der Waals surface area contributed by atoms with Crippen molar-refractivity contribution in [1.29, 1.82) is 0 Å². The zero-order chi connectivity index (χ0) is 11.3. The molecule has 0 aromatic rings. The second kappa shape index (κ2) is 5.83. The maximum atomic E-state index is 5.71. The van der Waals surface area contributed by atoms with E-state index in [0.717, 1.165) is 39.1 Å². The Labute approximate surface area is 93.7 Å². The molecule has 0 radical (unpaired) electrons. The Morgan fingerprint density at radius 1 is 1.20 bits per heavy atom. The predicted molar refractivity (Wildman–Crippen MR) is 62.2 cm³/mol. The Bertz CT molecular complexity index is 169. The monoisotopic (exact) mass is 215 g/mol. The summed E-state index contributed by atoms with van der Waals surface area (Å²) in [6.07, 6.45) is 2.79. The van der Waals surface area contributed by atoms with Gasteiger partial charge in [-0.25, -0.2) is 0 Å². The van der Waals surface area contributed by atoms with Crippen LogP contribution in [0.1, 0.15) is 33.6 Å². The highest BCUT2D eigenvalue weighted by atomic mass is 16.5. The van der Waals surface area contributed by atoms with Gasteiger partial charge in [0.25, 0.3) is 0 Å². The first-order valence-electron chi connectivity index (χ1n) is 5.90. The molecule has 1 heterocycles. The van der Waals surface area contributed by atoms with Gasteiger partial charge in [-0.15, -0.1) is 0 Å². The molecule has 1 rings (SSSR count). The quantitative estimate of drug-likeness (QED) is 0.715. The minimum absolute atomic E-state index is 0.00908. The van der Waals surface area contributed by atoms with Gasteiger partial charge in [0.2, 0.25) is 0 Å². The molecular weight excluding hydrogens is 190 g/mol. The van der Waals surface area contributed by atoms with Crippen molar-refractivity contribution in [3.8, 4) is 0 Å². The molecule has 3 nitrogen and oxygen atoms in total. The van der Waals surface area contributed by atoms with Gasteiger partial charge in [-0.05, 0) is 33.6 Å². The number of piperidine rings is 1. The topological polar surface area (TPSA) is 21.7 Å². The molecule has 1 aliphatic rings. The summed E-state index contributed by atoms with van der Waals surface area (Å²) >= 11 is 0. The summed E-state index contributed by atoms with van der Waals surface area (Å²) in [5.74, 6) is 0. The van der Waals surface area contributed by atoms with Crippen LogP contribution in [-0.4, -0.2) is 50.0 Å². The standard InChI is InChI=1S/C12H25NO2/c1-12(2,3)15-10-9-13-7-5-11(14-4)6-8-13/h11H,5-10H2,1-4H3. The largest absolute Gasteiger partial charge is 0.381 e. The van der Waals surface area contributed by atoms with Crippen LogP contribution in [0.15, 0.2) is 0 Å². The molecule has 1 fully saturated rings. The number of hydrogen-bond acceptors (Lipinski definition) is 3. The van der Waals surface area contributed by atoms with Gasteiger partial charge in [0.15, 0.2) is 0 Å². The van der Waals surface area contributed by atoms with Crippen LogP contribution in [0.5, 0.6) is 0 Å². The molecule has 15 heavy (non-hydrogen) atoms. The summed E-state index contributed by atoms with van der Waals surface area (Å²) in [7, 11) is 1.81. The molecule has 0 aliphatic carbocycles. The van der Waals surface area contributed by atoms with Crippen molar-refractivity contribution >= 4 is 0 Å². The van der Waals surface area contributed by atoms with Crippen LogP contribution in [0.25, 0.3) is 0 Å². The number of methoxy groups -OCH3 is 1. The van der Waals surface area contributed by atoms with Crippen LogP contribution >= 0.6 is 0 Å². The fourth-order valence-electron chi connectivity index (χ4n) is 1.85. The van der Waals surface area contributed by atoms with Gasteiger partial charge in [0.1, 0.15) is 0 Å². The van der Waals surface area contributed by atoms with E-state index in [2.05, 4.69) is 25.7 Å². The second-order valence-corrected chi connectivity index (χ2v) is 5.24. The van der Waals surface area contributed by atoms with Crippen molar-refractivity contribution < 1.29 is 9.47 Å². The summed E-state index contributed by atoms with van der Waals surface area (Å²) in [5, 5.41) is 0. The van der Waals surface area contributed by atoms with Crippen LogP contribution in [0.2, 0.25) is 0 Å². The van der Waals surface area contributed by atoms with Crippen LogP contribution in [0.3, 0.4) is 0 Å². The number of rotatable bonds is 4. The molecule has 1 aliphatic heterocycles. The Morgan fingerprint density at radius 2 is 1.80 bits per heavy atom. The minimum atomic E-state index is -0.00908. The van der Waals surface area contributed by atoms with Gasteiger partial charge in [-0.1, -0.05) is 0 Å². The highest BCUT2D eigenvalue weighted by Gasteiger charge is 2.18. The van der Waals surface area contributed by atoms with E-state index in [1.165, 1.54) is 0 Å². The Balaban J connectivity index is 2.09. The Morgan fingerprint density at radius 3 is 2.27 bits per heavy atom. The lowest BCUT2D eigenvalue weighted by molar-refractivity contribution is -0.0229. The van der Waals surface area contributed by atoms with Crippen molar-refractivity contribution in [2.45, 2.75) is 45.3 Å². The summed E-state index contributed by atoms with van der Waals surface area (Å²) in [6.45, 7) is 10.5. The predicted octanol–water partition coefficient (Wildman–Crippen LogP) is 1.91.